The molecule has 6 nitrogen and oxygen atoms in total. The van der Waals surface area contributed by atoms with Crippen LogP contribution >= 0.6 is 0 Å². The van der Waals surface area contributed by atoms with Crippen molar-refractivity contribution in [3.05, 3.63) is 223 Å². The second kappa shape index (κ2) is 16.6. The third-order valence-corrected chi connectivity index (χ3v) is 15.6. The fourth-order valence-corrected chi connectivity index (χ4v) is 11.8. The molecule has 10 aromatic rings. The number of anilines is 10. The predicted octanol–water partition coefficient (Wildman–Crippen LogP) is 14.8. The van der Waals surface area contributed by atoms with Gasteiger partial charge in [0, 0.05) is 78.3 Å². The number of hydrogen-bond donors (Lipinski definition) is 0. The largest absolute Gasteiger partial charge is 0.378 e. The van der Waals surface area contributed by atoms with Crippen LogP contribution in [-0.4, -0.2) is 30.2 Å². The first-order valence-corrected chi connectivity index (χ1v) is 25.7. The molecule has 0 fully saturated rings. The number of rotatable bonds is 7. The standard InChI is InChI=1S/C66H59BN6/c1-65(2,3)44-28-32-47(33-29-44)71(48-34-30-45(31-35-48)66(4,5)6)50-36-37-56-60(40-50)73(57-25-16-24-53-52-23-15-22-51(54(52)42-55(53)57)43-18-11-9-12-19-43)59-27-17-26-58-62(59)67(56)63-64(72(58)46-20-13-10-14-21-46)70-39-38-49(69(7)8)41-61(70)68-63/h9-41H,42H2,1-8H3. The Morgan fingerprint density at radius 3 is 1.68 bits per heavy atom. The van der Waals surface area contributed by atoms with Crippen molar-refractivity contribution in [2.24, 2.45) is 0 Å². The van der Waals surface area contributed by atoms with Crippen molar-refractivity contribution in [2.45, 2.75) is 58.8 Å². The van der Waals surface area contributed by atoms with Crippen LogP contribution in [0, 0.1) is 0 Å². The molecule has 3 aliphatic rings. The maximum absolute atomic E-state index is 5.69. The van der Waals surface area contributed by atoms with E-state index in [1.165, 1.54) is 61.1 Å². The van der Waals surface area contributed by atoms with Crippen LogP contribution in [0.3, 0.4) is 0 Å². The molecule has 2 aromatic heterocycles. The molecule has 0 saturated carbocycles. The summed E-state index contributed by atoms with van der Waals surface area (Å²) in [5.74, 6) is 1.06. The molecular formula is C66H59BN6. The maximum atomic E-state index is 5.69. The smallest absolute Gasteiger partial charge is 0.277 e. The van der Waals surface area contributed by atoms with Crippen LogP contribution in [0.4, 0.5) is 57.0 Å². The Bertz CT molecular complexity index is 3710. The van der Waals surface area contributed by atoms with Crippen LogP contribution in [-0.2, 0) is 17.3 Å². The highest BCUT2D eigenvalue weighted by Gasteiger charge is 2.46. The molecule has 0 bridgehead atoms. The summed E-state index contributed by atoms with van der Waals surface area (Å²) in [7, 11) is 4.19. The van der Waals surface area contributed by atoms with Gasteiger partial charge in [-0.15, -0.1) is 0 Å². The highest BCUT2D eigenvalue weighted by Crippen LogP contribution is 2.51. The maximum Gasteiger partial charge on any atom is 0.277 e. The predicted molar refractivity (Wildman–Crippen MR) is 309 cm³/mol. The lowest BCUT2D eigenvalue weighted by atomic mass is 9.35. The number of imidazole rings is 1. The van der Waals surface area contributed by atoms with E-state index in [4.69, 9.17) is 4.98 Å². The number of aromatic nitrogens is 2. The van der Waals surface area contributed by atoms with Gasteiger partial charge < -0.3 is 14.7 Å². The lowest BCUT2D eigenvalue weighted by Gasteiger charge is -2.43. The first kappa shape index (κ1) is 44.6. The Kier molecular flexibility index (Phi) is 10.2. The van der Waals surface area contributed by atoms with Gasteiger partial charge in [0.15, 0.2) is 0 Å². The molecule has 0 amide bonds. The SMILES string of the molecule is CN(C)c1ccn2c3c(nc2c1)B1c2ccc(N(c4ccc(C(C)(C)C)cc4)c4ccc(C(C)(C)C)cc4)cc2N(c2cccc4c2Cc2c(-c5ccccc5)cccc2-4)c2cccc(c21)N3c1ccccc1. The monoisotopic (exact) mass is 946 g/mol. The summed E-state index contributed by atoms with van der Waals surface area (Å²) < 4.78 is 2.29. The Morgan fingerprint density at radius 2 is 1.04 bits per heavy atom. The van der Waals surface area contributed by atoms with Crippen LogP contribution < -0.4 is 36.1 Å². The average Bonchev–Trinajstić information content (AvgIpc) is 3.98. The molecule has 356 valence electrons. The van der Waals surface area contributed by atoms with Gasteiger partial charge in [-0.1, -0.05) is 157 Å². The molecule has 0 spiro atoms. The fourth-order valence-electron chi connectivity index (χ4n) is 11.8. The van der Waals surface area contributed by atoms with Gasteiger partial charge in [0.25, 0.3) is 6.71 Å². The number of nitrogens with zero attached hydrogens (tertiary/aromatic N) is 6. The van der Waals surface area contributed by atoms with Crippen molar-refractivity contribution in [3.63, 3.8) is 0 Å². The van der Waals surface area contributed by atoms with Gasteiger partial charge in [-0.05, 0) is 139 Å². The third-order valence-electron chi connectivity index (χ3n) is 15.6. The highest BCUT2D eigenvalue weighted by molar-refractivity contribution is 7.00. The van der Waals surface area contributed by atoms with Crippen molar-refractivity contribution in [2.75, 3.05) is 33.7 Å². The van der Waals surface area contributed by atoms with E-state index in [2.05, 4.69) is 280 Å². The molecule has 7 heteroatoms. The summed E-state index contributed by atoms with van der Waals surface area (Å²) in [4.78, 5) is 15.3. The van der Waals surface area contributed by atoms with E-state index in [1.807, 2.05) is 0 Å². The van der Waals surface area contributed by atoms with Gasteiger partial charge in [-0.25, -0.2) is 4.98 Å². The number of benzene rings is 8. The van der Waals surface area contributed by atoms with Gasteiger partial charge in [0.1, 0.15) is 11.5 Å². The van der Waals surface area contributed by atoms with Crippen LogP contribution in [0.25, 0.3) is 27.9 Å². The zero-order chi connectivity index (χ0) is 49.9. The second-order valence-corrected chi connectivity index (χ2v) is 22.3. The van der Waals surface area contributed by atoms with Gasteiger partial charge in [-0.3, -0.25) is 9.30 Å². The lowest BCUT2D eigenvalue weighted by Crippen LogP contribution is -2.62. The van der Waals surface area contributed by atoms with E-state index in [-0.39, 0.29) is 17.5 Å². The fraction of sp³-hybridized carbons (Fsp3) is 0.167. The zero-order valence-corrected chi connectivity index (χ0v) is 43.0. The van der Waals surface area contributed by atoms with Crippen LogP contribution in [0.15, 0.2) is 200 Å². The van der Waals surface area contributed by atoms with Gasteiger partial charge in [0.2, 0.25) is 0 Å². The van der Waals surface area contributed by atoms with Crippen LogP contribution in [0.2, 0.25) is 0 Å². The summed E-state index contributed by atoms with van der Waals surface area (Å²) in [6.07, 6.45) is 3.02. The Hall–Kier alpha value is -8.29. The Balaban J connectivity index is 1.08. The molecule has 4 heterocycles. The number of fused-ring (bicyclic) bond motifs is 9. The van der Waals surface area contributed by atoms with Crippen molar-refractivity contribution in [3.8, 4) is 22.3 Å². The molecule has 2 aliphatic heterocycles. The zero-order valence-electron chi connectivity index (χ0n) is 43.0. The molecule has 1 aliphatic carbocycles. The number of para-hydroxylation sites is 1. The summed E-state index contributed by atoms with van der Waals surface area (Å²) in [5, 5.41) is 0. The van der Waals surface area contributed by atoms with Crippen LogP contribution in [0.1, 0.15) is 63.8 Å². The quantitative estimate of drug-likeness (QED) is 0.149. The molecule has 0 unspecified atom stereocenters. The molecule has 73 heavy (non-hydrogen) atoms. The average molecular weight is 947 g/mol. The minimum absolute atomic E-state index is 0.0225. The Labute approximate surface area is 430 Å². The van der Waals surface area contributed by atoms with E-state index in [0.717, 1.165) is 69.0 Å². The van der Waals surface area contributed by atoms with E-state index in [1.54, 1.807) is 0 Å². The van der Waals surface area contributed by atoms with Crippen LogP contribution in [0.5, 0.6) is 0 Å². The molecule has 13 rings (SSSR count). The number of pyridine rings is 1. The summed E-state index contributed by atoms with van der Waals surface area (Å²) >= 11 is 0. The van der Waals surface area contributed by atoms with Crippen molar-refractivity contribution < 1.29 is 0 Å². The number of hydrogen-bond acceptors (Lipinski definition) is 5. The molecule has 0 saturated heterocycles. The summed E-state index contributed by atoms with van der Waals surface area (Å²) in [6.45, 7) is 13.6. The molecule has 0 atom stereocenters. The minimum atomic E-state index is -0.159. The minimum Gasteiger partial charge on any atom is -0.378 e. The van der Waals surface area contributed by atoms with Gasteiger partial charge in [-0.2, -0.15) is 0 Å². The van der Waals surface area contributed by atoms with Crippen molar-refractivity contribution in [1.29, 1.82) is 0 Å². The topological polar surface area (TPSA) is 30.3 Å². The van der Waals surface area contributed by atoms with E-state index in [9.17, 15) is 0 Å². The van der Waals surface area contributed by atoms with E-state index < -0.39 is 0 Å². The first-order valence-electron chi connectivity index (χ1n) is 25.7. The van der Waals surface area contributed by atoms with Crippen molar-refractivity contribution >= 4 is 85.9 Å². The normalized spacial score (nSPS) is 13.3. The van der Waals surface area contributed by atoms with Crippen molar-refractivity contribution in [1.82, 2.24) is 9.38 Å². The van der Waals surface area contributed by atoms with E-state index >= 15 is 0 Å². The Morgan fingerprint density at radius 1 is 0.479 bits per heavy atom. The van der Waals surface area contributed by atoms with Gasteiger partial charge in [0.05, 0.1) is 11.3 Å². The lowest BCUT2D eigenvalue weighted by molar-refractivity contribution is 0.590. The first-order chi connectivity index (χ1) is 35.3. The highest BCUT2D eigenvalue weighted by atomic mass is 15.3. The summed E-state index contributed by atoms with van der Waals surface area (Å²) in [5.41, 5.74) is 25.1. The second-order valence-electron chi connectivity index (χ2n) is 22.3. The molecule has 8 aromatic carbocycles. The third kappa shape index (κ3) is 7.19. The molecular weight excluding hydrogens is 888 g/mol. The molecule has 0 N–H and O–H groups in total. The van der Waals surface area contributed by atoms with Gasteiger partial charge >= 0.3 is 0 Å². The summed E-state index contributed by atoms with van der Waals surface area (Å²) in [6, 6.07) is 72.4. The molecule has 0 radical (unpaired) electrons. The van der Waals surface area contributed by atoms with E-state index in [0.29, 0.717) is 0 Å².